The number of nitrogens with one attached hydrogen (secondary N) is 1. The molecule has 0 aliphatic carbocycles. The molecule has 0 unspecified atom stereocenters. The molecule has 0 saturated carbocycles. The van der Waals surface area contributed by atoms with Crippen LogP contribution in [0.15, 0.2) is 36.8 Å². The third kappa shape index (κ3) is 4.13. The Labute approximate surface area is 172 Å². The van der Waals surface area contributed by atoms with Gasteiger partial charge in [-0.05, 0) is 31.0 Å². The average Bonchev–Trinajstić information content (AvgIpc) is 3.01. The zero-order valence-corrected chi connectivity index (χ0v) is 17.0. The van der Waals surface area contributed by atoms with E-state index >= 15 is 0 Å². The van der Waals surface area contributed by atoms with Crippen LogP contribution in [0.1, 0.15) is 35.7 Å². The van der Waals surface area contributed by atoms with Gasteiger partial charge in [0, 0.05) is 29.5 Å². The number of carbonyl (C=O) groups is 2. The van der Waals surface area contributed by atoms with Gasteiger partial charge in [-0.25, -0.2) is 4.79 Å². The molecule has 6 nitrogen and oxygen atoms in total. The van der Waals surface area contributed by atoms with E-state index in [0.717, 1.165) is 23.8 Å². The quantitative estimate of drug-likeness (QED) is 0.539. The molecule has 0 fully saturated rings. The maximum atomic E-state index is 12.7. The maximum absolute atomic E-state index is 12.7. The van der Waals surface area contributed by atoms with Crippen molar-refractivity contribution in [3.8, 4) is 0 Å². The molecular formula is C20H19Cl2N3O3. The van der Waals surface area contributed by atoms with Crippen molar-refractivity contribution >= 4 is 51.8 Å². The van der Waals surface area contributed by atoms with Crippen LogP contribution in [-0.4, -0.2) is 28.2 Å². The molecule has 0 aliphatic heterocycles. The van der Waals surface area contributed by atoms with Crippen LogP contribution in [0.3, 0.4) is 0 Å². The van der Waals surface area contributed by atoms with E-state index in [4.69, 9.17) is 27.9 Å². The Morgan fingerprint density at radius 2 is 1.93 bits per heavy atom. The molecule has 1 amide bonds. The molecule has 1 N–H and O–H groups in total. The predicted octanol–water partition coefficient (Wildman–Crippen LogP) is 5.69. The summed E-state index contributed by atoms with van der Waals surface area (Å²) in [5.74, 6) is -0.401. The number of anilines is 1. The van der Waals surface area contributed by atoms with Gasteiger partial charge in [0.25, 0.3) is 5.91 Å². The first-order chi connectivity index (χ1) is 13.4. The summed E-state index contributed by atoms with van der Waals surface area (Å²) in [5.41, 5.74) is 2.15. The van der Waals surface area contributed by atoms with E-state index in [1.807, 2.05) is 13.8 Å². The van der Waals surface area contributed by atoms with Crippen molar-refractivity contribution in [3.63, 3.8) is 0 Å². The second-order valence-corrected chi connectivity index (χ2v) is 7.13. The monoisotopic (exact) mass is 419 g/mol. The minimum atomic E-state index is -0.468. The summed E-state index contributed by atoms with van der Waals surface area (Å²) >= 11 is 12.1. The number of aryl methyl sites for hydroxylation is 1. The van der Waals surface area contributed by atoms with Crippen LogP contribution in [0, 0.1) is 6.92 Å². The lowest BCUT2D eigenvalue weighted by molar-refractivity contribution is 0.102. The van der Waals surface area contributed by atoms with Gasteiger partial charge < -0.3 is 10.1 Å². The molecule has 1 aromatic carbocycles. The van der Waals surface area contributed by atoms with Gasteiger partial charge in [-0.1, -0.05) is 42.6 Å². The Balaban J connectivity index is 1.91. The van der Waals surface area contributed by atoms with Crippen LogP contribution in [0.5, 0.6) is 0 Å². The number of ether oxygens (including phenoxy) is 1. The van der Waals surface area contributed by atoms with E-state index in [9.17, 15) is 9.59 Å². The van der Waals surface area contributed by atoms with Gasteiger partial charge in [-0.3, -0.25) is 14.3 Å². The van der Waals surface area contributed by atoms with Crippen molar-refractivity contribution in [1.29, 1.82) is 0 Å². The normalized spacial score (nSPS) is 10.9. The van der Waals surface area contributed by atoms with Crippen molar-refractivity contribution < 1.29 is 14.3 Å². The highest BCUT2D eigenvalue weighted by molar-refractivity contribution is 6.39. The van der Waals surface area contributed by atoms with Crippen LogP contribution >= 0.6 is 23.2 Å². The first-order valence-electron chi connectivity index (χ1n) is 8.81. The number of aromatic nitrogens is 2. The summed E-state index contributed by atoms with van der Waals surface area (Å²) in [6.45, 7) is 4.27. The van der Waals surface area contributed by atoms with Crippen molar-refractivity contribution in [1.82, 2.24) is 9.55 Å². The van der Waals surface area contributed by atoms with Crippen LogP contribution in [0.25, 0.3) is 10.9 Å². The highest BCUT2D eigenvalue weighted by Crippen LogP contribution is 2.29. The second-order valence-electron chi connectivity index (χ2n) is 6.31. The van der Waals surface area contributed by atoms with Gasteiger partial charge in [0.05, 0.1) is 27.9 Å². The number of nitrogens with zero attached hydrogens (tertiary/aromatic N) is 2. The van der Waals surface area contributed by atoms with Gasteiger partial charge in [-0.15, -0.1) is 0 Å². The summed E-state index contributed by atoms with van der Waals surface area (Å²) in [6.07, 6.45) is 5.76. The predicted molar refractivity (Wildman–Crippen MR) is 111 cm³/mol. The number of rotatable bonds is 5. The van der Waals surface area contributed by atoms with E-state index in [2.05, 4.69) is 10.3 Å². The Bertz CT molecular complexity index is 1030. The summed E-state index contributed by atoms with van der Waals surface area (Å²) in [6, 6.07) is 5.12. The molecule has 3 aromatic rings. The Morgan fingerprint density at radius 3 is 2.61 bits per heavy atom. The number of hydrogen-bond acceptors (Lipinski definition) is 4. The number of pyridine rings is 1. The Morgan fingerprint density at radius 1 is 1.21 bits per heavy atom. The summed E-state index contributed by atoms with van der Waals surface area (Å²) in [7, 11) is 0. The number of carbonyl (C=O) groups excluding carboxylic acids is 2. The molecule has 0 radical (unpaired) electrons. The van der Waals surface area contributed by atoms with E-state index < -0.39 is 12.0 Å². The summed E-state index contributed by atoms with van der Waals surface area (Å²) < 4.78 is 6.72. The lowest BCUT2D eigenvalue weighted by Crippen LogP contribution is -2.15. The minimum Gasteiger partial charge on any atom is -0.449 e. The number of benzene rings is 1. The molecule has 0 bridgehead atoms. The zero-order chi connectivity index (χ0) is 20.3. The minimum absolute atomic E-state index is 0.237. The van der Waals surface area contributed by atoms with Gasteiger partial charge in [0.2, 0.25) is 0 Å². The molecule has 0 atom stereocenters. The molecule has 0 spiro atoms. The highest BCUT2D eigenvalue weighted by Gasteiger charge is 2.17. The molecule has 2 aromatic heterocycles. The van der Waals surface area contributed by atoms with E-state index in [-0.39, 0.29) is 15.7 Å². The zero-order valence-electron chi connectivity index (χ0n) is 15.5. The van der Waals surface area contributed by atoms with Crippen LogP contribution in [0.2, 0.25) is 10.0 Å². The topological polar surface area (TPSA) is 73.2 Å². The fourth-order valence-corrected chi connectivity index (χ4v) is 3.24. The molecule has 8 heteroatoms. The smallest absolute Gasteiger partial charge is 0.418 e. The maximum Gasteiger partial charge on any atom is 0.418 e. The van der Waals surface area contributed by atoms with Gasteiger partial charge in [0.1, 0.15) is 0 Å². The van der Waals surface area contributed by atoms with Gasteiger partial charge in [-0.2, -0.15) is 0 Å². The van der Waals surface area contributed by atoms with Crippen molar-refractivity contribution in [2.75, 3.05) is 11.9 Å². The lowest BCUT2D eigenvalue weighted by atomic mass is 10.1. The first-order valence-corrected chi connectivity index (χ1v) is 9.57. The van der Waals surface area contributed by atoms with Crippen molar-refractivity contribution in [2.45, 2.75) is 26.7 Å². The molecule has 28 heavy (non-hydrogen) atoms. The second kappa shape index (κ2) is 8.63. The number of halogens is 2. The number of hydrogen-bond donors (Lipinski definition) is 1. The van der Waals surface area contributed by atoms with Crippen molar-refractivity contribution in [3.05, 3.63) is 58.0 Å². The van der Waals surface area contributed by atoms with E-state index in [1.54, 1.807) is 24.4 Å². The Hall–Kier alpha value is -2.57. The number of amides is 1. The van der Waals surface area contributed by atoms with Crippen LogP contribution in [-0.2, 0) is 4.74 Å². The third-order valence-electron chi connectivity index (χ3n) is 4.28. The molecular weight excluding hydrogens is 401 g/mol. The first kappa shape index (κ1) is 20.2. The fourth-order valence-electron chi connectivity index (χ4n) is 2.78. The van der Waals surface area contributed by atoms with Gasteiger partial charge in [0.15, 0.2) is 0 Å². The largest absolute Gasteiger partial charge is 0.449 e. The molecule has 3 rings (SSSR count). The SMILES string of the molecule is CCCCOC(=O)n1cc(C)c2ccc(C(=O)Nc3c(Cl)cncc3Cl)cc21. The molecule has 0 saturated heterocycles. The van der Waals surface area contributed by atoms with Gasteiger partial charge >= 0.3 is 6.09 Å². The molecule has 0 aliphatic rings. The highest BCUT2D eigenvalue weighted by atomic mass is 35.5. The standard InChI is InChI=1S/C20H19Cl2N3O3/c1-3-4-7-28-20(27)25-11-12(2)14-6-5-13(8-17(14)25)19(26)24-18-15(21)9-23-10-16(18)22/h5-6,8-11H,3-4,7H2,1-2H3,(H,23,24,26). The molecule has 2 heterocycles. The Kier molecular flexibility index (Phi) is 6.21. The lowest BCUT2D eigenvalue weighted by Gasteiger charge is -2.10. The van der Waals surface area contributed by atoms with Crippen LogP contribution < -0.4 is 5.32 Å². The number of fused-ring (bicyclic) bond motifs is 1. The molecule has 146 valence electrons. The van der Waals surface area contributed by atoms with Crippen LogP contribution in [0.4, 0.5) is 10.5 Å². The number of unbranched alkanes of at least 4 members (excludes halogenated alkanes) is 1. The third-order valence-corrected chi connectivity index (χ3v) is 4.85. The van der Waals surface area contributed by atoms with E-state index in [0.29, 0.717) is 17.7 Å². The summed E-state index contributed by atoms with van der Waals surface area (Å²) in [5, 5.41) is 4.03. The van der Waals surface area contributed by atoms with Crippen molar-refractivity contribution in [2.24, 2.45) is 0 Å². The fraction of sp³-hybridized carbons (Fsp3) is 0.250. The van der Waals surface area contributed by atoms with E-state index in [1.165, 1.54) is 17.0 Å². The summed E-state index contributed by atoms with van der Waals surface area (Å²) in [4.78, 5) is 29.0. The average molecular weight is 420 g/mol.